The van der Waals surface area contributed by atoms with Gasteiger partial charge in [-0.2, -0.15) is 0 Å². The van der Waals surface area contributed by atoms with Gasteiger partial charge in [-0.3, -0.25) is 9.59 Å². The summed E-state index contributed by atoms with van der Waals surface area (Å²) in [5.74, 6) is -1.38. The van der Waals surface area contributed by atoms with Gasteiger partial charge < -0.3 is 14.7 Å². The SMILES string of the molecule is COCCCN1C(=O)C(O)=C(C(=O)c2sc(C)nc2C)C1c1cccc(Br)c1. The van der Waals surface area contributed by atoms with Crippen LogP contribution in [0.2, 0.25) is 0 Å². The summed E-state index contributed by atoms with van der Waals surface area (Å²) in [6.45, 7) is 4.43. The number of ketones is 1. The van der Waals surface area contributed by atoms with Crippen LogP contribution < -0.4 is 0 Å². The van der Waals surface area contributed by atoms with Crippen LogP contribution in [-0.2, 0) is 9.53 Å². The first-order chi connectivity index (χ1) is 13.3. The number of methoxy groups -OCH3 is 1. The molecule has 1 unspecified atom stereocenters. The van der Waals surface area contributed by atoms with Crippen LogP contribution in [0, 0.1) is 13.8 Å². The van der Waals surface area contributed by atoms with Crippen LogP contribution in [0.4, 0.5) is 0 Å². The fraction of sp³-hybridized carbons (Fsp3) is 0.350. The average Bonchev–Trinajstić information content (AvgIpc) is 3.12. The summed E-state index contributed by atoms with van der Waals surface area (Å²) >= 11 is 4.72. The normalized spacial score (nSPS) is 16.9. The Labute approximate surface area is 176 Å². The molecule has 1 N–H and O–H groups in total. The van der Waals surface area contributed by atoms with Gasteiger partial charge in [-0.15, -0.1) is 11.3 Å². The van der Waals surface area contributed by atoms with Crippen molar-refractivity contribution in [2.45, 2.75) is 26.3 Å². The molecular formula is C20H21BrN2O4S. The number of rotatable bonds is 7. The number of hydrogen-bond donors (Lipinski definition) is 1. The van der Waals surface area contributed by atoms with Crippen molar-refractivity contribution < 1.29 is 19.4 Å². The number of carbonyl (C=O) groups is 2. The maximum Gasteiger partial charge on any atom is 0.290 e. The lowest BCUT2D eigenvalue weighted by Gasteiger charge is -2.27. The molecule has 2 aromatic rings. The van der Waals surface area contributed by atoms with Gasteiger partial charge in [0.25, 0.3) is 5.91 Å². The smallest absolute Gasteiger partial charge is 0.290 e. The maximum atomic E-state index is 13.3. The van der Waals surface area contributed by atoms with Crippen molar-refractivity contribution in [1.82, 2.24) is 9.88 Å². The quantitative estimate of drug-likeness (QED) is 0.491. The minimum atomic E-state index is -0.656. The van der Waals surface area contributed by atoms with E-state index in [0.29, 0.717) is 30.1 Å². The Kier molecular flexibility index (Phi) is 6.32. The molecule has 0 saturated carbocycles. The van der Waals surface area contributed by atoms with Gasteiger partial charge in [-0.1, -0.05) is 28.1 Å². The van der Waals surface area contributed by atoms with Crippen molar-refractivity contribution in [3.63, 3.8) is 0 Å². The Hall–Kier alpha value is -2.03. The zero-order valence-electron chi connectivity index (χ0n) is 15.9. The van der Waals surface area contributed by atoms with Gasteiger partial charge in [0, 0.05) is 24.7 Å². The van der Waals surface area contributed by atoms with Gasteiger partial charge in [-0.05, 0) is 38.0 Å². The van der Waals surface area contributed by atoms with Gasteiger partial charge >= 0.3 is 0 Å². The number of nitrogens with zero attached hydrogens (tertiary/aromatic N) is 2. The first-order valence-electron chi connectivity index (χ1n) is 8.82. The molecule has 28 heavy (non-hydrogen) atoms. The van der Waals surface area contributed by atoms with E-state index in [9.17, 15) is 14.7 Å². The number of thiazole rings is 1. The minimum absolute atomic E-state index is 0.104. The van der Waals surface area contributed by atoms with E-state index < -0.39 is 17.7 Å². The molecule has 6 nitrogen and oxygen atoms in total. The van der Waals surface area contributed by atoms with Gasteiger partial charge in [0.2, 0.25) is 5.78 Å². The fourth-order valence-corrected chi connectivity index (χ4v) is 4.67. The van der Waals surface area contributed by atoms with Crippen molar-refractivity contribution in [3.05, 3.63) is 61.2 Å². The van der Waals surface area contributed by atoms with Gasteiger partial charge in [0.15, 0.2) is 5.76 Å². The summed E-state index contributed by atoms with van der Waals surface area (Å²) in [5, 5.41) is 11.4. The summed E-state index contributed by atoms with van der Waals surface area (Å²) in [5.41, 5.74) is 1.46. The summed E-state index contributed by atoms with van der Waals surface area (Å²) in [6.07, 6.45) is 0.597. The minimum Gasteiger partial charge on any atom is -0.503 e. The van der Waals surface area contributed by atoms with Gasteiger partial charge in [-0.25, -0.2) is 4.98 Å². The van der Waals surface area contributed by atoms with Crippen molar-refractivity contribution in [3.8, 4) is 0 Å². The lowest BCUT2D eigenvalue weighted by molar-refractivity contribution is -0.129. The summed E-state index contributed by atoms with van der Waals surface area (Å²) in [7, 11) is 1.59. The van der Waals surface area contributed by atoms with Crippen LogP contribution in [0.1, 0.15) is 38.4 Å². The number of benzene rings is 1. The molecule has 1 aliphatic heterocycles. The second kappa shape index (κ2) is 8.55. The largest absolute Gasteiger partial charge is 0.503 e. The molecule has 1 aliphatic rings. The lowest BCUT2D eigenvalue weighted by atomic mass is 9.95. The van der Waals surface area contributed by atoms with E-state index in [1.54, 1.807) is 14.0 Å². The van der Waals surface area contributed by atoms with E-state index in [-0.39, 0.29) is 11.4 Å². The predicted molar refractivity (Wildman–Crippen MR) is 111 cm³/mol. The number of aryl methyl sites for hydroxylation is 2. The van der Waals surface area contributed by atoms with Gasteiger partial charge in [0.05, 0.1) is 27.2 Å². The first kappa shape index (κ1) is 20.7. The van der Waals surface area contributed by atoms with Crippen LogP contribution >= 0.6 is 27.3 Å². The Morgan fingerprint density at radius 3 is 2.75 bits per heavy atom. The van der Waals surface area contributed by atoms with E-state index in [2.05, 4.69) is 20.9 Å². The molecule has 1 aromatic carbocycles. The van der Waals surface area contributed by atoms with Crippen molar-refractivity contribution in [2.24, 2.45) is 0 Å². The Bertz CT molecular complexity index is 953. The van der Waals surface area contributed by atoms with E-state index in [1.165, 1.54) is 16.2 Å². The zero-order chi connectivity index (χ0) is 20.4. The highest BCUT2D eigenvalue weighted by Gasteiger charge is 2.44. The van der Waals surface area contributed by atoms with Crippen molar-refractivity contribution >= 4 is 39.0 Å². The molecule has 0 aliphatic carbocycles. The van der Waals surface area contributed by atoms with Crippen LogP contribution in [0.15, 0.2) is 40.1 Å². The average molecular weight is 465 g/mol. The van der Waals surface area contributed by atoms with E-state index in [1.807, 2.05) is 31.2 Å². The molecular weight excluding hydrogens is 444 g/mol. The number of hydrogen-bond acceptors (Lipinski definition) is 6. The molecule has 0 bridgehead atoms. The highest BCUT2D eigenvalue weighted by Crippen LogP contribution is 2.40. The second-order valence-electron chi connectivity index (χ2n) is 6.54. The molecule has 8 heteroatoms. The number of ether oxygens (including phenoxy) is 1. The Morgan fingerprint density at radius 2 is 2.14 bits per heavy atom. The summed E-state index contributed by atoms with van der Waals surface area (Å²) < 4.78 is 5.92. The maximum absolute atomic E-state index is 13.3. The topological polar surface area (TPSA) is 79.7 Å². The molecule has 0 fully saturated rings. The van der Waals surface area contributed by atoms with E-state index in [4.69, 9.17) is 4.74 Å². The molecule has 1 atom stereocenters. The third-order valence-corrected chi connectivity index (χ3v) is 6.13. The molecule has 0 radical (unpaired) electrons. The highest BCUT2D eigenvalue weighted by molar-refractivity contribution is 9.10. The molecule has 0 spiro atoms. The van der Waals surface area contributed by atoms with Crippen molar-refractivity contribution in [1.29, 1.82) is 0 Å². The van der Waals surface area contributed by atoms with Crippen molar-refractivity contribution in [2.75, 3.05) is 20.3 Å². The molecule has 3 rings (SSSR count). The van der Waals surface area contributed by atoms with Crippen LogP contribution in [0.3, 0.4) is 0 Å². The third-order valence-electron chi connectivity index (χ3n) is 4.57. The van der Waals surface area contributed by atoms with E-state index >= 15 is 0 Å². The number of carbonyl (C=O) groups excluding carboxylic acids is 2. The molecule has 148 valence electrons. The number of aliphatic hydroxyl groups excluding tert-OH is 1. The van der Waals surface area contributed by atoms with Crippen LogP contribution in [-0.4, -0.2) is 46.9 Å². The summed E-state index contributed by atoms with van der Waals surface area (Å²) in [4.78, 5) is 32.4. The predicted octanol–water partition coefficient (Wildman–Crippen LogP) is 4.14. The standard InChI is InChI=1S/C20H21BrN2O4S/c1-11-19(28-12(2)22-11)17(24)15-16(13-6-4-7-14(21)10-13)23(8-5-9-27-3)20(26)18(15)25/h4,6-7,10,16,25H,5,8-9H2,1-3H3. The summed E-state index contributed by atoms with van der Waals surface area (Å²) in [6, 6.07) is 6.77. The molecule has 2 heterocycles. The molecule has 1 amide bonds. The number of aromatic nitrogens is 1. The zero-order valence-corrected chi connectivity index (χ0v) is 18.3. The fourth-order valence-electron chi connectivity index (χ4n) is 3.38. The molecule has 0 saturated heterocycles. The number of amides is 1. The Morgan fingerprint density at radius 1 is 1.39 bits per heavy atom. The monoisotopic (exact) mass is 464 g/mol. The van der Waals surface area contributed by atoms with Gasteiger partial charge in [0.1, 0.15) is 0 Å². The Balaban J connectivity index is 2.07. The lowest BCUT2D eigenvalue weighted by Crippen LogP contribution is -2.32. The third kappa shape index (κ3) is 3.90. The second-order valence-corrected chi connectivity index (χ2v) is 8.66. The number of halogens is 1. The van der Waals surface area contributed by atoms with Crippen LogP contribution in [0.5, 0.6) is 0 Å². The first-order valence-corrected chi connectivity index (χ1v) is 10.4. The number of Topliss-reactive ketones (excluding diaryl/α,β-unsaturated/α-hetero) is 1. The molecule has 1 aromatic heterocycles. The van der Waals surface area contributed by atoms with E-state index in [0.717, 1.165) is 15.0 Å². The van der Waals surface area contributed by atoms with Crippen LogP contribution in [0.25, 0.3) is 0 Å². The highest BCUT2D eigenvalue weighted by atomic mass is 79.9. The number of aliphatic hydroxyl groups is 1.